The highest BCUT2D eigenvalue weighted by Gasteiger charge is 2.16. The minimum Gasteiger partial charge on any atom is -0.381 e. The fourth-order valence-electron chi connectivity index (χ4n) is 1.65. The molecular formula is C10H13ClN2O2S. The molecule has 1 fully saturated rings. The van der Waals surface area contributed by atoms with Crippen molar-refractivity contribution in [2.45, 2.75) is 12.8 Å². The van der Waals surface area contributed by atoms with Gasteiger partial charge in [0.1, 0.15) is 5.69 Å². The average molecular weight is 261 g/mol. The zero-order chi connectivity index (χ0) is 11.4. The maximum Gasteiger partial charge on any atom is 0.270 e. The van der Waals surface area contributed by atoms with Gasteiger partial charge in [-0.3, -0.25) is 4.79 Å². The van der Waals surface area contributed by atoms with Crippen LogP contribution in [0.15, 0.2) is 5.38 Å². The number of thiazole rings is 1. The Morgan fingerprint density at radius 1 is 1.75 bits per heavy atom. The Balaban J connectivity index is 1.79. The van der Waals surface area contributed by atoms with E-state index < -0.39 is 0 Å². The molecule has 1 aromatic heterocycles. The van der Waals surface area contributed by atoms with Gasteiger partial charge in [-0.25, -0.2) is 4.98 Å². The molecule has 2 rings (SSSR count). The monoisotopic (exact) mass is 260 g/mol. The van der Waals surface area contributed by atoms with E-state index in [0.717, 1.165) is 26.1 Å². The van der Waals surface area contributed by atoms with Gasteiger partial charge >= 0.3 is 0 Å². The number of ether oxygens (including phenoxy) is 1. The lowest BCUT2D eigenvalue weighted by Crippen LogP contribution is -2.33. The molecule has 1 aliphatic heterocycles. The second-order valence-corrected chi connectivity index (χ2v) is 5.22. The molecule has 1 N–H and O–H groups in total. The highest BCUT2D eigenvalue weighted by atomic mass is 35.5. The molecule has 1 amide bonds. The first kappa shape index (κ1) is 11.8. The summed E-state index contributed by atoms with van der Waals surface area (Å²) in [5.74, 6) is 0.264. The molecule has 1 aromatic rings. The molecule has 0 saturated carbocycles. The van der Waals surface area contributed by atoms with Crippen molar-refractivity contribution < 1.29 is 9.53 Å². The third kappa shape index (κ3) is 3.17. The van der Waals surface area contributed by atoms with Crippen molar-refractivity contribution in [2.75, 3.05) is 19.8 Å². The van der Waals surface area contributed by atoms with Crippen molar-refractivity contribution in [3.8, 4) is 0 Å². The zero-order valence-corrected chi connectivity index (χ0v) is 10.3. The molecule has 1 saturated heterocycles. The third-order valence-corrected chi connectivity index (χ3v) is 3.49. The number of carbonyl (C=O) groups is 1. The van der Waals surface area contributed by atoms with E-state index in [9.17, 15) is 4.79 Å². The first-order valence-corrected chi connectivity index (χ1v) is 6.48. The van der Waals surface area contributed by atoms with E-state index in [1.54, 1.807) is 5.38 Å². The Kier molecular flexibility index (Phi) is 4.15. The Labute approximate surface area is 103 Å². The Morgan fingerprint density at radius 2 is 2.62 bits per heavy atom. The average Bonchev–Trinajstić information content (AvgIpc) is 2.74. The standard InChI is InChI=1S/C10H13ClN2O2S/c11-10-13-8(6-16-10)9(14)12-4-7-2-1-3-15-5-7/h6-7H,1-5H2,(H,12,14). The zero-order valence-electron chi connectivity index (χ0n) is 8.74. The number of hydrogen-bond acceptors (Lipinski definition) is 4. The molecule has 0 spiro atoms. The molecular weight excluding hydrogens is 248 g/mol. The maximum absolute atomic E-state index is 11.6. The molecule has 0 bridgehead atoms. The van der Waals surface area contributed by atoms with Crippen LogP contribution in [0.2, 0.25) is 4.47 Å². The quantitative estimate of drug-likeness (QED) is 0.904. The van der Waals surface area contributed by atoms with Crippen LogP contribution in [-0.2, 0) is 4.74 Å². The number of nitrogens with zero attached hydrogens (tertiary/aromatic N) is 1. The van der Waals surface area contributed by atoms with E-state index in [2.05, 4.69) is 10.3 Å². The fourth-order valence-corrected chi connectivity index (χ4v) is 2.40. The summed E-state index contributed by atoms with van der Waals surface area (Å²) in [5.41, 5.74) is 0.395. The number of rotatable bonds is 3. The maximum atomic E-state index is 11.6. The summed E-state index contributed by atoms with van der Waals surface area (Å²) in [6.45, 7) is 2.22. The highest BCUT2D eigenvalue weighted by molar-refractivity contribution is 7.14. The van der Waals surface area contributed by atoms with Crippen LogP contribution in [0.3, 0.4) is 0 Å². The number of carbonyl (C=O) groups excluding carboxylic acids is 1. The SMILES string of the molecule is O=C(NCC1CCCOC1)c1csc(Cl)n1. The van der Waals surface area contributed by atoms with Crippen molar-refractivity contribution in [2.24, 2.45) is 5.92 Å². The first-order chi connectivity index (χ1) is 7.75. The fraction of sp³-hybridized carbons (Fsp3) is 0.600. The van der Waals surface area contributed by atoms with E-state index in [-0.39, 0.29) is 5.91 Å². The molecule has 16 heavy (non-hydrogen) atoms. The minimum atomic E-state index is -0.159. The van der Waals surface area contributed by atoms with E-state index in [1.807, 2.05) is 0 Å². The van der Waals surface area contributed by atoms with Gasteiger partial charge in [0.2, 0.25) is 0 Å². The lowest BCUT2D eigenvalue weighted by molar-refractivity contribution is 0.0536. The van der Waals surface area contributed by atoms with Gasteiger partial charge in [-0.1, -0.05) is 11.6 Å². The van der Waals surface area contributed by atoms with E-state index in [4.69, 9.17) is 16.3 Å². The molecule has 1 aliphatic rings. The van der Waals surface area contributed by atoms with Gasteiger partial charge in [-0.05, 0) is 18.8 Å². The van der Waals surface area contributed by atoms with Gasteiger partial charge in [-0.15, -0.1) is 11.3 Å². The van der Waals surface area contributed by atoms with Crippen LogP contribution in [0.1, 0.15) is 23.3 Å². The van der Waals surface area contributed by atoms with Crippen molar-refractivity contribution in [1.29, 1.82) is 0 Å². The molecule has 1 unspecified atom stereocenters. The molecule has 0 aromatic carbocycles. The van der Waals surface area contributed by atoms with E-state index in [1.165, 1.54) is 11.3 Å². The summed E-state index contributed by atoms with van der Waals surface area (Å²) < 4.78 is 5.73. The van der Waals surface area contributed by atoms with Gasteiger partial charge in [-0.2, -0.15) is 0 Å². The molecule has 2 heterocycles. The summed E-state index contributed by atoms with van der Waals surface area (Å²) in [6.07, 6.45) is 2.18. The lowest BCUT2D eigenvalue weighted by atomic mass is 10.0. The molecule has 4 nitrogen and oxygen atoms in total. The number of hydrogen-bond donors (Lipinski definition) is 1. The van der Waals surface area contributed by atoms with Crippen LogP contribution in [0, 0.1) is 5.92 Å². The van der Waals surface area contributed by atoms with Gasteiger partial charge in [0, 0.05) is 18.5 Å². The van der Waals surface area contributed by atoms with Crippen molar-refractivity contribution in [3.63, 3.8) is 0 Å². The van der Waals surface area contributed by atoms with Crippen molar-refractivity contribution >= 4 is 28.8 Å². The van der Waals surface area contributed by atoms with E-state index >= 15 is 0 Å². The van der Waals surface area contributed by atoms with Crippen molar-refractivity contribution in [1.82, 2.24) is 10.3 Å². The number of nitrogens with one attached hydrogen (secondary N) is 1. The van der Waals surface area contributed by atoms with Crippen molar-refractivity contribution in [3.05, 3.63) is 15.5 Å². The van der Waals surface area contributed by atoms with Gasteiger partial charge < -0.3 is 10.1 Å². The molecule has 0 aliphatic carbocycles. The third-order valence-electron chi connectivity index (χ3n) is 2.51. The Morgan fingerprint density at radius 3 is 3.25 bits per heavy atom. The largest absolute Gasteiger partial charge is 0.381 e. The molecule has 88 valence electrons. The summed E-state index contributed by atoms with van der Waals surface area (Å²) in [6, 6.07) is 0. The number of amides is 1. The van der Waals surface area contributed by atoms with Crippen LogP contribution < -0.4 is 5.32 Å². The summed E-state index contributed by atoms with van der Waals surface area (Å²) in [4.78, 5) is 15.5. The van der Waals surface area contributed by atoms with Gasteiger partial charge in [0.15, 0.2) is 4.47 Å². The van der Waals surface area contributed by atoms with Crippen LogP contribution in [-0.4, -0.2) is 30.6 Å². The topological polar surface area (TPSA) is 51.2 Å². The predicted octanol–water partition coefficient (Wildman–Crippen LogP) is 1.95. The van der Waals surface area contributed by atoms with Crippen LogP contribution in [0.25, 0.3) is 0 Å². The summed E-state index contributed by atoms with van der Waals surface area (Å²) in [7, 11) is 0. The van der Waals surface area contributed by atoms with Gasteiger partial charge in [0.25, 0.3) is 5.91 Å². The number of halogens is 1. The van der Waals surface area contributed by atoms with Gasteiger partial charge in [0.05, 0.1) is 6.61 Å². The second-order valence-electron chi connectivity index (χ2n) is 3.78. The predicted molar refractivity (Wildman–Crippen MR) is 63.0 cm³/mol. The van der Waals surface area contributed by atoms with E-state index in [0.29, 0.717) is 22.6 Å². The Bertz CT molecular complexity index is 363. The summed E-state index contributed by atoms with van der Waals surface area (Å²) >= 11 is 6.92. The van der Waals surface area contributed by atoms with Crippen LogP contribution in [0.4, 0.5) is 0 Å². The highest BCUT2D eigenvalue weighted by Crippen LogP contribution is 2.15. The minimum absolute atomic E-state index is 0.159. The first-order valence-electron chi connectivity index (χ1n) is 5.22. The summed E-state index contributed by atoms with van der Waals surface area (Å²) in [5, 5.41) is 4.51. The second kappa shape index (κ2) is 5.61. The molecule has 1 atom stereocenters. The molecule has 0 radical (unpaired) electrons. The smallest absolute Gasteiger partial charge is 0.270 e. The normalized spacial score (nSPS) is 20.7. The van der Waals surface area contributed by atoms with Crippen LogP contribution in [0.5, 0.6) is 0 Å². The Hall–Kier alpha value is -0.650. The lowest BCUT2D eigenvalue weighted by Gasteiger charge is -2.21. The van der Waals surface area contributed by atoms with Crippen LogP contribution >= 0.6 is 22.9 Å². The molecule has 6 heteroatoms. The number of aromatic nitrogens is 1.